The van der Waals surface area contributed by atoms with Gasteiger partial charge in [0.15, 0.2) is 5.78 Å². The lowest BCUT2D eigenvalue weighted by Crippen LogP contribution is -2.17. The molecule has 0 aliphatic heterocycles. The van der Waals surface area contributed by atoms with Crippen LogP contribution in [0.2, 0.25) is 0 Å². The van der Waals surface area contributed by atoms with Crippen LogP contribution in [-0.2, 0) is 11.8 Å². The van der Waals surface area contributed by atoms with Crippen LogP contribution in [0.1, 0.15) is 47.8 Å². The van der Waals surface area contributed by atoms with Crippen LogP contribution < -0.4 is 0 Å². The zero-order valence-corrected chi connectivity index (χ0v) is 12.7. The predicted octanol–water partition coefficient (Wildman–Crippen LogP) is 4.72. The van der Waals surface area contributed by atoms with Crippen molar-refractivity contribution in [1.82, 2.24) is 0 Å². The molecule has 2 aromatic rings. The average molecular weight is 266 g/mol. The van der Waals surface area contributed by atoms with Crippen LogP contribution in [0.25, 0.3) is 0 Å². The van der Waals surface area contributed by atoms with Crippen molar-refractivity contribution < 1.29 is 4.79 Å². The molecule has 0 radical (unpaired) electrons. The number of carbonyl (C=O) groups excluding carboxylic acids is 1. The molecular weight excluding hydrogens is 244 g/mol. The van der Waals surface area contributed by atoms with Gasteiger partial charge in [-0.1, -0.05) is 74.9 Å². The van der Waals surface area contributed by atoms with Crippen molar-refractivity contribution in [1.29, 1.82) is 0 Å². The van der Waals surface area contributed by atoms with Gasteiger partial charge in [-0.25, -0.2) is 0 Å². The zero-order chi connectivity index (χ0) is 14.8. The van der Waals surface area contributed by atoms with E-state index < -0.39 is 0 Å². The second-order valence-corrected chi connectivity index (χ2v) is 6.38. The summed E-state index contributed by atoms with van der Waals surface area (Å²) in [5, 5.41) is 0. The summed E-state index contributed by atoms with van der Waals surface area (Å²) in [6.07, 6.45) is 0.467. The largest absolute Gasteiger partial charge is 0.294 e. The Bertz CT molecular complexity index is 618. The Balaban J connectivity index is 2.31. The predicted molar refractivity (Wildman–Crippen MR) is 84.4 cm³/mol. The first-order valence-electron chi connectivity index (χ1n) is 7.06. The van der Waals surface area contributed by atoms with Crippen LogP contribution in [0, 0.1) is 6.92 Å². The first-order chi connectivity index (χ1) is 9.38. The minimum absolute atomic E-state index is 0.0150. The molecule has 2 aromatic carbocycles. The molecule has 0 fully saturated rings. The molecule has 0 heterocycles. The van der Waals surface area contributed by atoms with Crippen molar-refractivity contribution in [2.45, 2.75) is 39.5 Å². The second kappa shape index (κ2) is 5.62. The fraction of sp³-hybridized carbons (Fsp3) is 0.316. The van der Waals surface area contributed by atoms with Crippen molar-refractivity contribution in [3.63, 3.8) is 0 Å². The van der Waals surface area contributed by atoms with Crippen molar-refractivity contribution in [2.75, 3.05) is 0 Å². The number of hydrogen-bond donors (Lipinski definition) is 0. The Morgan fingerprint density at radius 2 is 1.70 bits per heavy atom. The lowest BCUT2D eigenvalue weighted by molar-refractivity contribution is 0.0991. The quantitative estimate of drug-likeness (QED) is 0.735. The van der Waals surface area contributed by atoms with E-state index in [2.05, 4.69) is 45.9 Å². The van der Waals surface area contributed by atoms with Crippen molar-refractivity contribution in [3.05, 3.63) is 70.8 Å². The molecule has 0 amide bonds. The SMILES string of the molecule is Cc1cccc(CC(=O)c2ccccc2C(C)(C)C)c1. The van der Waals surface area contributed by atoms with E-state index in [1.54, 1.807) is 0 Å². The lowest BCUT2D eigenvalue weighted by Gasteiger charge is -2.22. The zero-order valence-electron chi connectivity index (χ0n) is 12.7. The van der Waals surface area contributed by atoms with E-state index in [-0.39, 0.29) is 11.2 Å². The Hall–Kier alpha value is -1.89. The molecule has 104 valence electrons. The summed E-state index contributed by atoms with van der Waals surface area (Å²) in [4.78, 5) is 12.6. The van der Waals surface area contributed by atoms with Gasteiger partial charge in [0.25, 0.3) is 0 Å². The smallest absolute Gasteiger partial charge is 0.167 e. The summed E-state index contributed by atoms with van der Waals surface area (Å²) in [5.41, 5.74) is 4.23. The van der Waals surface area contributed by atoms with Crippen molar-refractivity contribution in [3.8, 4) is 0 Å². The molecule has 0 unspecified atom stereocenters. The van der Waals surface area contributed by atoms with Gasteiger partial charge in [-0.2, -0.15) is 0 Å². The lowest BCUT2D eigenvalue weighted by atomic mass is 9.82. The Morgan fingerprint density at radius 3 is 2.35 bits per heavy atom. The molecule has 2 rings (SSSR count). The van der Waals surface area contributed by atoms with E-state index in [9.17, 15) is 4.79 Å². The third kappa shape index (κ3) is 3.36. The number of ketones is 1. The molecule has 0 bridgehead atoms. The summed E-state index contributed by atoms with van der Waals surface area (Å²) in [6, 6.07) is 16.1. The third-order valence-electron chi connectivity index (χ3n) is 3.48. The third-order valence-corrected chi connectivity index (χ3v) is 3.48. The molecule has 0 saturated heterocycles. The number of Topliss-reactive ketones (excluding diaryl/α,β-unsaturated/α-hetero) is 1. The van der Waals surface area contributed by atoms with Gasteiger partial charge in [-0.3, -0.25) is 4.79 Å². The normalized spacial score (nSPS) is 11.4. The highest BCUT2D eigenvalue weighted by molar-refractivity contribution is 5.99. The van der Waals surface area contributed by atoms with Gasteiger partial charge >= 0.3 is 0 Å². The Labute approximate surface area is 121 Å². The summed E-state index contributed by atoms with van der Waals surface area (Å²) in [5.74, 6) is 0.195. The molecule has 0 aliphatic carbocycles. The molecule has 1 heteroatoms. The highest BCUT2D eigenvalue weighted by Gasteiger charge is 2.21. The molecule has 0 aliphatic rings. The topological polar surface area (TPSA) is 17.1 Å². The standard InChI is InChI=1S/C19H22O/c1-14-8-7-9-15(12-14)13-18(20)16-10-5-6-11-17(16)19(2,3)4/h5-12H,13H2,1-4H3. The number of rotatable bonds is 3. The van der Waals surface area contributed by atoms with Crippen LogP contribution in [-0.4, -0.2) is 5.78 Å². The van der Waals surface area contributed by atoms with Crippen LogP contribution in [0.15, 0.2) is 48.5 Å². The molecule has 20 heavy (non-hydrogen) atoms. The van der Waals surface area contributed by atoms with Gasteiger partial charge < -0.3 is 0 Å². The fourth-order valence-corrected chi connectivity index (χ4v) is 2.48. The number of aryl methyl sites for hydroxylation is 1. The van der Waals surface area contributed by atoms with E-state index in [4.69, 9.17) is 0 Å². The summed E-state index contributed by atoms with van der Waals surface area (Å²) in [6.45, 7) is 8.49. The molecule has 0 atom stereocenters. The molecule has 0 N–H and O–H groups in total. The average Bonchev–Trinajstić information content (AvgIpc) is 2.37. The van der Waals surface area contributed by atoms with Gasteiger partial charge in [0.1, 0.15) is 0 Å². The number of benzene rings is 2. The van der Waals surface area contributed by atoms with Crippen LogP contribution in [0.4, 0.5) is 0 Å². The van der Waals surface area contributed by atoms with Gasteiger partial charge in [-0.15, -0.1) is 0 Å². The molecule has 0 aromatic heterocycles. The molecular formula is C19H22O. The van der Waals surface area contributed by atoms with E-state index >= 15 is 0 Å². The molecule has 0 spiro atoms. The van der Waals surface area contributed by atoms with Gasteiger partial charge in [0.05, 0.1) is 0 Å². The van der Waals surface area contributed by atoms with E-state index in [0.717, 1.165) is 16.7 Å². The van der Waals surface area contributed by atoms with Gasteiger partial charge in [0, 0.05) is 12.0 Å². The monoisotopic (exact) mass is 266 g/mol. The molecule has 1 nitrogen and oxygen atoms in total. The Morgan fingerprint density at radius 1 is 1.00 bits per heavy atom. The number of carbonyl (C=O) groups is 1. The maximum absolute atomic E-state index is 12.6. The Kier molecular flexibility index (Phi) is 4.08. The van der Waals surface area contributed by atoms with E-state index in [0.29, 0.717) is 6.42 Å². The fourth-order valence-electron chi connectivity index (χ4n) is 2.48. The number of hydrogen-bond acceptors (Lipinski definition) is 1. The van der Waals surface area contributed by atoms with Crippen molar-refractivity contribution in [2.24, 2.45) is 0 Å². The highest BCUT2D eigenvalue weighted by Crippen LogP contribution is 2.26. The van der Waals surface area contributed by atoms with E-state index in [1.807, 2.05) is 30.3 Å². The first kappa shape index (κ1) is 14.5. The minimum Gasteiger partial charge on any atom is -0.294 e. The van der Waals surface area contributed by atoms with Gasteiger partial charge in [0.2, 0.25) is 0 Å². The highest BCUT2D eigenvalue weighted by atomic mass is 16.1. The van der Waals surface area contributed by atoms with Crippen LogP contribution in [0.3, 0.4) is 0 Å². The maximum Gasteiger partial charge on any atom is 0.167 e. The minimum atomic E-state index is -0.0150. The van der Waals surface area contributed by atoms with Crippen molar-refractivity contribution >= 4 is 5.78 Å². The van der Waals surface area contributed by atoms with Crippen LogP contribution in [0.5, 0.6) is 0 Å². The second-order valence-electron chi connectivity index (χ2n) is 6.38. The summed E-state index contributed by atoms with van der Waals surface area (Å²) < 4.78 is 0. The summed E-state index contributed by atoms with van der Waals surface area (Å²) in [7, 11) is 0. The first-order valence-corrected chi connectivity index (χ1v) is 7.06. The molecule has 0 saturated carbocycles. The van der Waals surface area contributed by atoms with E-state index in [1.165, 1.54) is 5.56 Å². The van der Waals surface area contributed by atoms with Gasteiger partial charge in [-0.05, 0) is 23.5 Å². The van der Waals surface area contributed by atoms with Crippen LogP contribution >= 0.6 is 0 Å². The summed E-state index contributed by atoms with van der Waals surface area (Å²) >= 11 is 0. The maximum atomic E-state index is 12.6.